The van der Waals surface area contributed by atoms with Crippen molar-refractivity contribution in [3.63, 3.8) is 0 Å². The Balaban J connectivity index is 2.18. The molecule has 0 bridgehead atoms. The third-order valence-corrected chi connectivity index (χ3v) is 2.88. The van der Waals surface area contributed by atoms with Gasteiger partial charge in [0.1, 0.15) is 0 Å². The SMILES string of the molecule is CN(Cc1cccc(F)c1F)c1ccc(C#N)cc1. The summed E-state index contributed by atoms with van der Waals surface area (Å²) in [5.41, 5.74) is 1.70. The first kappa shape index (κ1) is 13.0. The molecule has 2 aromatic rings. The highest BCUT2D eigenvalue weighted by Crippen LogP contribution is 2.18. The van der Waals surface area contributed by atoms with Crippen LogP contribution in [0.5, 0.6) is 0 Å². The Morgan fingerprint density at radius 2 is 1.79 bits per heavy atom. The molecule has 4 heteroatoms. The lowest BCUT2D eigenvalue weighted by atomic mass is 10.1. The van der Waals surface area contributed by atoms with Crippen LogP contribution in [-0.2, 0) is 6.54 Å². The summed E-state index contributed by atoms with van der Waals surface area (Å²) < 4.78 is 26.7. The number of anilines is 1. The third kappa shape index (κ3) is 2.89. The molecule has 19 heavy (non-hydrogen) atoms. The summed E-state index contributed by atoms with van der Waals surface area (Å²) in [7, 11) is 1.78. The number of nitriles is 1. The van der Waals surface area contributed by atoms with E-state index in [-0.39, 0.29) is 6.54 Å². The maximum absolute atomic E-state index is 13.6. The van der Waals surface area contributed by atoms with Gasteiger partial charge in [-0.3, -0.25) is 0 Å². The lowest BCUT2D eigenvalue weighted by Gasteiger charge is -2.19. The minimum absolute atomic E-state index is 0.259. The maximum Gasteiger partial charge on any atom is 0.163 e. The molecule has 2 aromatic carbocycles. The van der Waals surface area contributed by atoms with E-state index in [2.05, 4.69) is 0 Å². The van der Waals surface area contributed by atoms with Crippen LogP contribution in [0.25, 0.3) is 0 Å². The Morgan fingerprint density at radius 1 is 1.11 bits per heavy atom. The number of halogens is 2. The fourth-order valence-electron chi connectivity index (χ4n) is 1.81. The molecule has 0 aliphatic heterocycles. The van der Waals surface area contributed by atoms with Crippen molar-refractivity contribution >= 4 is 5.69 Å². The van der Waals surface area contributed by atoms with Crippen LogP contribution in [0, 0.1) is 23.0 Å². The van der Waals surface area contributed by atoms with E-state index < -0.39 is 11.6 Å². The minimum atomic E-state index is -0.842. The van der Waals surface area contributed by atoms with Crippen LogP contribution in [0.3, 0.4) is 0 Å². The summed E-state index contributed by atoms with van der Waals surface area (Å²) in [5.74, 6) is -1.66. The normalized spacial score (nSPS) is 10.0. The summed E-state index contributed by atoms with van der Waals surface area (Å²) in [6.07, 6.45) is 0. The maximum atomic E-state index is 13.6. The number of hydrogen-bond donors (Lipinski definition) is 0. The summed E-state index contributed by atoms with van der Waals surface area (Å²) in [6, 6.07) is 13.1. The molecule has 0 saturated carbocycles. The van der Waals surface area contributed by atoms with Gasteiger partial charge in [-0.2, -0.15) is 5.26 Å². The molecule has 0 aliphatic carbocycles. The molecule has 0 unspecified atom stereocenters. The minimum Gasteiger partial charge on any atom is -0.370 e. The van der Waals surface area contributed by atoms with Gasteiger partial charge in [0.05, 0.1) is 11.6 Å². The van der Waals surface area contributed by atoms with E-state index in [4.69, 9.17) is 5.26 Å². The van der Waals surface area contributed by atoms with Gasteiger partial charge in [-0.15, -0.1) is 0 Å². The van der Waals surface area contributed by atoms with Gasteiger partial charge in [-0.1, -0.05) is 12.1 Å². The Morgan fingerprint density at radius 3 is 2.42 bits per heavy atom. The van der Waals surface area contributed by atoms with Crippen LogP contribution in [-0.4, -0.2) is 7.05 Å². The Labute approximate surface area is 110 Å². The molecule has 0 heterocycles. The Kier molecular flexibility index (Phi) is 3.76. The molecule has 2 rings (SSSR count). The van der Waals surface area contributed by atoms with Crippen molar-refractivity contribution < 1.29 is 8.78 Å². The molecule has 0 N–H and O–H groups in total. The van der Waals surface area contributed by atoms with Gasteiger partial charge in [0.2, 0.25) is 0 Å². The van der Waals surface area contributed by atoms with Crippen LogP contribution >= 0.6 is 0 Å². The van der Waals surface area contributed by atoms with Crippen LogP contribution in [0.2, 0.25) is 0 Å². The fraction of sp³-hybridized carbons (Fsp3) is 0.133. The van der Waals surface area contributed by atoms with Crippen LogP contribution in [0.1, 0.15) is 11.1 Å². The lowest BCUT2D eigenvalue weighted by molar-refractivity contribution is 0.498. The first-order valence-electron chi connectivity index (χ1n) is 5.76. The average molecular weight is 258 g/mol. The second-order valence-corrected chi connectivity index (χ2v) is 4.23. The van der Waals surface area contributed by atoms with Gasteiger partial charge in [-0.25, -0.2) is 8.78 Å². The summed E-state index contributed by atoms with van der Waals surface area (Å²) >= 11 is 0. The highest BCUT2D eigenvalue weighted by atomic mass is 19.2. The number of nitrogens with zero attached hydrogens (tertiary/aromatic N) is 2. The van der Waals surface area contributed by atoms with Crippen molar-refractivity contribution in [1.82, 2.24) is 0 Å². The van der Waals surface area contributed by atoms with Gasteiger partial charge in [-0.05, 0) is 30.3 Å². The average Bonchev–Trinajstić information content (AvgIpc) is 2.44. The molecule has 0 saturated heterocycles. The molecule has 0 aliphatic rings. The molecule has 0 aromatic heterocycles. The zero-order valence-corrected chi connectivity index (χ0v) is 10.4. The summed E-state index contributed by atoms with van der Waals surface area (Å²) in [5, 5.41) is 8.71. The zero-order chi connectivity index (χ0) is 13.8. The molecule has 0 spiro atoms. The van der Waals surface area contributed by atoms with E-state index in [1.807, 2.05) is 6.07 Å². The standard InChI is InChI=1S/C15H12F2N2/c1-19(13-7-5-11(9-18)6-8-13)10-12-3-2-4-14(16)15(12)17/h2-8H,10H2,1H3. The zero-order valence-electron chi connectivity index (χ0n) is 10.4. The van der Waals surface area contributed by atoms with E-state index in [9.17, 15) is 8.78 Å². The smallest absolute Gasteiger partial charge is 0.163 e. The molecule has 0 radical (unpaired) electrons. The van der Waals surface area contributed by atoms with Crippen LogP contribution in [0.4, 0.5) is 14.5 Å². The first-order valence-corrected chi connectivity index (χ1v) is 5.76. The van der Waals surface area contributed by atoms with Gasteiger partial charge in [0.15, 0.2) is 11.6 Å². The van der Waals surface area contributed by atoms with Crippen molar-refractivity contribution in [1.29, 1.82) is 5.26 Å². The highest BCUT2D eigenvalue weighted by molar-refractivity contribution is 5.49. The van der Waals surface area contributed by atoms with Crippen LogP contribution in [0.15, 0.2) is 42.5 Å². The van der Waals surface area contributed by atoms with Crippen molar-refractivity contribution in [3.05, 3.63) is 65.2 Å². The Hall–Kier alpha value is -2.41. The Bertz CT molecular complexity index is 615. The number of rotatable bonds is 3. The van der Waals surface area contributed by atoms with Crippen molar-refractivity contribution in [3.8, 4) is 6.07 Å². The first-order chi connectivity index (χ1) is 9.11. The molecule has 0 atom stereocenters. The van der Waals surface area contributed by atoms with Crippen molar-refractivity contribution in [2.24, 2.45) is 0 Å². The van der Waals surface area contributed by atoms with Crippen molar-refractivity contribution in [2.75, 3.05) is 11.9 Å². The largest absolute Gasteiger partial charge is 0.370 e. The topological polar surface area (TPSA) is 27.0 Å². The van der Waals surface area contributed by atoms with E-state index in [0.717, 1.165) is 11.8 Å². The number of benzene rings is 2. The third-order valence-electron chi connectivity index (χ3n) is 2.88. The quantitative estimate of drug-likeness (QED) is 0.842. The molecule has 0 fully saturated rings. The van der Waals surface area contributed by atoms with Gasteiger partial charge < -0.3 is 4.90 Å². The predicted molar refractivity (Wildman–Crippen MR) is 69.6 cm³/mol. The highest BCUT2D eigenvalue weighted by Gasteiger charge is 2.10. The lowest BCUT2D eigenvalue weighted by Crippen LogP contribution is -2.17. The molecule has 96 valence electrons. The summed E-state index contributed by atoms with van der Waals surface area (Å²) in [4.78, 5) is 1.79. The van der Waals surface area contributed by atoms with E-state index in [0.29, 0.717) is 11.1 Å². The molecule has 0 amide bonds. The molecule has 2 nitrogen and oxygen atoms in total. The van der Waals surface area contributed by atoms with Gasteiger partial charge in [0.25, 0.3) is 0 Å². The van der Waals surface area contributed by atoms with E-state index >= 15 is 0 Å². The van der Waals surface area contributed by atoms with E-state index in [1.165, 1.54) is 6.07 Å². The van der Waals surface area contributed by atoms with Crippen LogP contribution < -0.4 is 4.90 Å². The predicted octanol–water partition coefficient (Wildman–Crippen LogP) is 3.47. The molecular weight excluding hydrogens is 246 g/mol. The second kappa shape index (κ2) is 5.49. The van der Waals surface area contributed by atoms with Gasteiger partial charge in [0, 0.05) is 24.8 Å². The molecular formula is C15H12F2N2. The number of hydrogen-bond acceptors (Lipinski definition) is 2. The second-order valence-electron chi connectivity index (χ2n) is 4.23. The van der Waals surface area contributed by atoms with Gasteiger partial charge >= 0.3 is 0 Å². The fourth-order valence-corrected chi connectivity index (χ4v) is 1.81. The van der Waals surface area contributed by atoms with E-state index in [1.54, 1.807) is 42.3 Å². The van der Waals surface area contributed by atoms with Crippen molar-refractivity contribution in [2.45, 2.75) is 6.54 Å². The summed E-state index contributed by atoms with van der Waals surface area (Å²) in [6.45, 7) is 0.259. The monoisotopic (exact) mass is 258 g/mol.